The van der Waals surface area contributed by atoms with Crippen molar-refractivity contribution in [1.82, 2.24) is 14.5 Å². The van der Waals surface area contributed by atoms with Gasteiger partial charge in [-0.05, 0) is 12.8 Å². The van der Waals surface area contributed by atoms with Gasteiger partial charge < -0.3 is 15.2 Å². The van der Waals surface area contributed by atoms with Crippen LogP contribution in [0.15, 0.2) is 12.5 Å². The molecular formula is C12H22N4O. The predicted molar refractivity (Wildman–Crippen MR) is 67.7 cm³/mol. The van der Waals surface area contributed by atoms with Gasteiger partial charge in [0.05, 0.1) is 6.33 Å². The number of rotatable bonds is 6. The van der Waals surface area contributed by atoms with Crippen LogP contribution in [0.2, 0.25) is 0 Å². The van der Waals surface area contributed by atoms with E-state index in [0.29, 0.717) is 31.2 Å². The maximum absolute atomic E-state index is 12.1. The lowest BCUT2D eigenvalue weighted by Gasteiger charge is -2.21. The molecule has 0 unspecified atom stereocenters. The average Bonchev–Trinajstić information content (AvgIpc) is 2.74. The number of amides is 1. The summed E-state index contributed by atoms with van der Waals surface area (Å²) < 4.78 is 1.84. The smallest absolute Gasteiger partial charge is 0.274 e. The van der Waals surface area contributed by atoms with E-state index in [2.05, 4.69) is 18.8 Å². The summed E-state index contributed by atoms with van der Waals surface area (Å²) >= 11 is 0. The number of hydrogen-bond donors (Lipinski definition) is 1. The summed E-state index contributed by atoms with van der Waals surface area (Å²) in [6.07, 6.45) is 3.42. The van der Waals surface area contributed by atoms with Crippen molar-refractivity contribution in [3.8, 4) is 0 Å². The monoisotopic (exact) mass is 238 g/mol. The fourth-order valence-corrected chi connectivity index (χ4v) is 1.70. The first-order valence-corrected chi connectivity index (χ1v) is 6.09. The fourth-order valence-electron chi connectivity index (χ4n) is 1.70. The van der Waals surface area contributed by atoms with Gasteiger partial charge in [0.1, 0.15) is 5.69 Å². The molecule has 2 N–H and O–H groups in total. The van der Waals surface area contributed by atoms with E-state index < -0.39 is 0 Å². The summed E-state index contributed by atoms with van der Waals surface area (Å²) in [6, 6.07) is 0. The molecule has 0 radical (unpaired) electrons. The van der Waals surface area contributed by atoms with Crippen LogP contribution in [0.1, 0.15) is 31.3 Å². The normalized spacial score (nSPS) is 10.9. The quantitative estimate of drug-likeness (QED) is 0.803. The standard InChI is InChI=1S/C12H22N4O/c1-4-16(7-10(2)3)12(17)11-8-15(6-5-13)9-14-11/h8-10H,4-7,13H2,1-3H3. The Morgan fingerprint density at radius 2 is 2.29 bits per heavy atom. The number of nitrogens with zero attached hydrogens (tertiary/aromatic N) is 3. The van der Waals surface area contributed by atoms with Crippen LogP contribution in [0.5, 0.6) is 0 Å². The maximum atomic E-state index is 12.1. The first-order valence-electron chi connectivity index (χ1n) is 6.09. The van der Waals surface area contributed by atoms with E-state index in [0.717, 1.165) is 6.54 Å². The van der Waals surface area contributed by atoms with Gasteiger partial charge in [-0.25, -0.2) is 4.98 Å². The minimum atomic E-state index is -0.00280. The molecule has 5 heteroatoms. The molecule has 5 nitrogen and oxygen atoms in total. The van der Waals surface area contributed by atoms with E-state index in [1.165, 1.54) is 0 Å². The molecule has 1 amide bonds. The van der Waals surface area contributed by atoms with E-state index in [1.807, 2.05) is 16.4 Å². The molecule has 96 valence electrons. The molecule has 0 fully saturated rings. The van der Waals surface area contributed by atoms with Crippen molar-refractivity contribution in [2.75, 3.05) is 19.6 Å². The lowest BCUT2D eigenvalue weighted by molar-refractivity contribution is 0.0740. The predicted octanol–water partition coefficient (Wildman–Crippen LogP) is 0.960. The third-order valence-electron chi connectivity index (χ3n) is 2.49. The van der Waals surface area contributed by atoms with Gasteiger partial charge in [-0.2, -0.15) is 0 Å². The molecule has 1 rings (SSSR count). The molecule has 1 aromatic heterocycles. The van der Waals surface area contributed by atoms with E-state index in [4.69, 9.17) is 5.73 Å². The van der Waals surface area contributed by atoms with Gasteiger partial charge in [0, 0.05) is 32.4 Å². The number of imidazole rings is 1. The molecule has 0 aromatic carbocycles. The van der Waals surface area contributed by atoms with Crippen molar-refractivity contribution in [2.24, 2.45) is 11.7 Å². The van der Waals surface area contributed by atoms with Crippen LogP contribution in [-0.4, -0.2) is 40.0 Å². The number of nitrogens with two attached hydrogens (primary N) is 1. The molecule has 0 aliphatic rings. The van der Waals surface area contributed by atoms with Gasteiger partial charge in [0.25, 0.3) is 5.91 Å². The second kappa shape index (κ2) is 6.39. The number of aromatic nitrogens is 2. The molecule has 0 aliphatic carbocycles. The van der Waals surface area contributed by atoms with Crippen molar-refractivity contribution in [3.05, 3.63) is 18.2 Å². The molecule has 0 aliphatic heterocycles. The van der Waals surface area contributed by atoms with Gasteiger partial charge >= 0.3 is 0 Å². The molecule has 1 heterocycles. The number of carbonyl (C=O) groups is 1. The van der Waals surface area contributed by atoms with E-state index in [1.54, 1.807) is 12.5 Å². The average molecular weight is 238 g/mol. The lowest BCUT2D eigenvalue weighted by atomic mass is 10.2. The third kappa shape index (κ3) is 3.85. The van der Waals surface area contributed by atoms with Gasteiger partial charge in [0.2, 0.25) is 0 Å². The summed E-state index contributed by atoms with van der Waals surface area (Å²) in [4.78, 5) is 18.1. The zero-order valence-corrected chi connectivity index (χ0v) is 10.9. The molecule has 0 bridgehead atoms. The van der Waals surface area contributed by atoms with Gasteiger partial charge in [-0.1, -0.05) is 13.8 Å². The molecule has 0 saturated carbocycles. The van der Waals surface area contributed by atoms with Crippen LogP contribution in [0.3, 0.4) is 0 Å². The minimum absolute atomic E-state index is 0.00280. The van der Waals surface area contributed by atoms with Crippen molar-refractivity contribution in [3.63, 3.8) is 0 Å². The summed E-state index contributed by atoms with van der Waals surface area (Å²) in [5, 5.41) is 0. The Morgan fingerprint density at radius 1 is 1.59 bits per heavy atom. The van der Waals surface area contributed by atoms with Crippen molar-refractivity contribution in [1.29, 1.82) is 0 Å². The highest BCUT2D eigenvalue weighted by Crippen LogP contribution is 2.05. The van der Waals surface area contributed by atoms with E-state index >= 15 is 0 Å². The minimum Gasteiger partial charge on any atom is -0.337 e. The number of hydrogen-bond acceptors (Lipinski definition) is 3. The van der Waals surface area contributed by atoms with E-state index in [9.17, 15) is 4.79 Å². The van der Waals surface area contributed by atoms with Crippen LogP contribution in [-0.2, 0) is 6.54 Å². The summed E-state index contributed by atoms with van der Waals surface area (Å²) in [6.45, 7) is 8.90. The first kappa shape index (κ1) is 13.7. The second-order valence-electron chi connectivity index (χ2n) is 4.52. The molecule has 0 atom stereocenters. The van der Waals surface area contributed by atoms with Crippen LogP contribution in [0.4, 0.5) is 0 Å². The Morgan fingerprint density at radius 3 is 2.82 bits per heavy atom. The highest BCUT2D eigenvalue weighted by atomic mass is 16.2. The Labute approximate surface area is 103 Å². The Balaban J connectivity index is 2.71. The van der Waals surface area contributed by atoms with Crippen LogP contribution in [0.25, 0.3) is 0 Å². The maximum Gasteiger partial charge on any atom is 0.274 e. The first-order chi connectivity index (χ1) is 8.08. The molecular weight excluding hydrogens is 216 g/mol. The summed E-state index contributed by atoms with van der Waals surface area (Å²) in [5.41, 5.74) is 5.95. The van der Waals surface area contributed by atoms with Gasteiger partial charge in [0.15, 0.2) is 0 Å². The van der Waals surface area contributed by atoms with Gasteiger partial charge in [-0.3, -0.25) is 4.79 Å². The molecule has 1 aromatic rings. The zero-order chi connectivity index (χ0) is 12.8. The Kier molecular flexibility index (Phi) is 5.15. The largest absolute Gasteiger partial charge is 0.337 e. The Hall–Kier alpha value is -1.36. The van der Waals surface area contributed by atoms with Crippen LogP contribution >= 0.6 is 0 Å². The molecule has 0 spiro atoms. The fraction of sp³-hybridized carbons (Fsp3) is 0.667. The molecule has 0 saturated heterocycles. The third-order valence-corrected chi connectivity index (χ3v) is 2.49. The Bertz CT molecular complexity index is 359. The van der Waals surface area contributed by atoms with Crippen molar-refractivity contribution >= 4 is 5.91 Å². The van der Waals surface area contributed by atoms with Crippen molar-refractivity contribution < 1.29 is 4.79 Å². The molecule has 17 heavy (non-hydrogen) atoms. The van der Waals surface area contributed by atoms with Crippen LogP contribution in [0, 0.1) is 5.92 Å². The van der Waals surface area contributed by atoms with Crippen molar-refractivity contribution in [2.45, 2.75) is 27.3 Å². The SMILES string of the molecule is CCN(CC(C)C)C(=O)c1cn(CCN)cn1. The lowest BCUT2D eigenvalue weighted by Crippen LogP contribution is -2.34. The zero-order valence-electron chi connectivity index (χ0n) is 10.9. The topological polar surface area (TPSA) is 64.2 Å². The van der Waals surface area contributed by atoms with E-state index in [-0.39, 0.29) is 5.91 Å². The highest BCUT2D eigenvalue weighted by Gasteiger charge is 2.17. The number of carbonyl (C=O) groups excluding carboxylic acids is 1. The summed E-state index contributed by atoms with van der Waals surface area (Å²) in [5.74, 6) is 0.460. The highest BCUT2D eigenvalue weighted by molar-refractivity contribution is 5.92. The van der Waals surface area contributed by atoms with Crippen LogP contribution < -0.4 is 5.73 Å². The summed E-state index contributed by atoms with van der Waals surface area (Å²) in [7, 11) is 0. The second-order valence-corrected chi connectivity index (χ2v) is 4.52. The van der Waals surface area contributed by atoms with Gasteiger partial charge in [-0.15, -0.1) is 0 Å².